The third-order valence-corrected chi connectivity index (χ3v) is 13.6. The SMILES string of the molecule is CCCCC(CCCC)[Si](C)OCc1ccc(O[C@@H]2O[C@H](C(=O)OC)[C@@H](OC(C)=O)[C@H](OC(C)=O)[C@H]2OC(C)=O)cc1OCCOCCNC(=O)OCC1c2ccccc2-c2ccccc21. The first-order valence-corrected chi connectivity index (χ1v) is 24.6. The van der Waals surface area contributed by atoms with E-state index in [1.807, 2.05) is 24.3 Å². The molecule has 3 aromatic carbocycles. The molecule has 1 fully saturated rings. The van der Waals surface area contributed by atoms with Crippen LogP contribution in [-0.2, 0) is 63.4 Å². The Balaban J connectivity index is 1.25. The fourth-order valence-corrected chi connectivity index (χ4v) is 9.96. The Labute approximate surface area is 388 Å². The van der Waals surface area contributed by atoms with Gasteiger partial charge in [-0.15, -0.1) is 0 Å². The molecule has 1 saturated heterocycles. The number of nitrogens with one attached hydrogen (secondary N) is 1. The summed E-state index contributed by atoms with van der Waals surface area (Å²) < 4.78 is 57.8. The molecule has 0 aromatic heterocycles. The van der Waals surface area contributed by atoms with Gasteiger partial charge in [-0.1, -0.05) is 101 Å². The minimum Gasteiger partial charge on any atom is -0.491 e. The maximum Gasteiger partial charge on any atom is 0.407 e. The fourth-order valence-electron chi connectivity index (χ4n) is 8.12. The van der Waals surface area contributed by atoms with Crippen molar-refractivity contribution < 1.29 is 71.0 Å². The highest BCUT2D eigenvalue weighted by molar-refractivity contribution is 6.52. The van der Waals surface area contributed by atoms with Crippen LogP contribution in [0.1, 0.15) is 95.8 Å². The van der Waals surface area contributed by atoms with Crippen molar-refractivity contribution in [1.82, 2.24) is 5.32 Å². The van der Waals surface area contributed by atoms with Crippen LogP contribution in [0.15, 0.2) is 66.7 Å². The minimum atomic E-state index is -1.63. The lowest BCUT2D eigenvalue weighted by molar-refractivity contribution is -0.282. The predicted molar refractivity (Wildman–Crippen MR) is 243 cm³/mol. The Bertz CT molecular complexity index is 2030. The summed E-state index contributed by atoms with van der Waals surface area (Å²) in [5.74, 6) is -2.84. The average Bonchev–Trinajstić information content (AvgIpc) is 3.61. The van der Waals surface area contributed by atoms with E-state index in [2.05, 4.69) is 50.0 Å². The third-order valence-electron chi connectivity index (χ3n) is 11.3. The summed E-state index contributed by atoms with van der Waals surface area (Å²) in [7, 11) is -0.0961. The number of hydrogen-bond acceptors (Lipinski definition) is 15. The number of ether oxygens (including phenoxy) is 9. The number of hydrogen-bond donors (Lipinski definition) is 1. The quantitative estimate of drug-likeness (QED) is 0.0378. The Morgan fingerprint density at radius 3 is 1.97 bits per heavy atom. The first-order chi connectivity index (χ1) is 31.8. The summed E-state index contributed by atoms with van der Waals surface area (Å²) in [5.41, 5.74) is 5.77. The van der Waals surface area contributed by atoms with E-state index >= 15 is 0 Å². The lowest BCUT2D eigenvalue weighted by Crippen LogP contribution is -2.64. The molecule has 1 radical (unpaired) electrons. The number of alkyl carbamates (subject to hydrolysis) is 1. The van der Waals surface area contributed by atoms with E-state index in [0.29, 0.717) is 11.3 Å². The molecule has 5 atom stereocenters. The summed E-state index contributed by atoms with van der Waals surface area (Å²) in [5, 5.41) is 2.75. The molecule has 1 aliphatic carbocycles. The zero-order chi connectivity index (χ0) is 47.6. The van der Waals surface area contributed by atoms with Crippen LogP contribution < -0.4 is 14.8 Å². The van der Waals surface area contributed by atoms with E-state index in [-0.39, 0.29) is 51.2 Å². The number of fused-ring (bicyclic) bond motifs is 3. The van der Waals surface area contributed by atoms with Gasteiger partial charge in [0.2, 0.25) is 21.4 Å². The van der Waals surface area contributed by atoms with Gasteiger partial charge in [-0.25, -0.2) is 9.59 Å². The summed E-state index contributed by atoms with van der Waals surface area (Å²) in [6, 6.07) is 21.3. The molecule has 0 spiro atoms. The molecule has 1 heterocycles. The second-order valence-electron chi connectivity index (χ2n) is 16.2. The fraction of sp³-hybridized carbons (Fsp3) is 0.531. The average molecular weight is 935 g/mol. The van der Waals surface area contributed by atoms with Crippen molar-refractivity contribution in [3.05, 3.63) is 83.4 Å². The van der Waals surface area contributed by atoms with Crippen molar-refractivity contribution in [3.8, 4) is 22.6 Å². The second kappa shape index (κ2) is 26.0. The molecule has 1 amide bonds. The number of unbranched alkanes of at least 4 members (excludes halogenated alkanes) is 2. The Morgan fingerprint density at radius 1 is 0.758 bits per heavy atom. The van der Waals surface area contributed by atoms with E-state index in [1.165, 1.54) is 0 Å². The van der Waals surface area contributed by atoms with Crippen molar-refractivity contribution in [1.29, 1.82) is 0 Å². The van der Waals surface area contributed by atoms with E-state index < -0.39 is 69.7 Å². The Morgan fingerprint density at radius 2 is 1.36 bits per heavy atom. The lowest BCUT2D eigenvalue weighted by Gasteiger charge is -2.43. The molecule has 17 heteroatoms. The molecule has 1 aliphatic heterocycles. The molecule has 5 rings (SSSR count). The Hall–Kier alpha value is -5.49. The van der Waals surface area contributed by atoms with Crippen LogP contribution in [0.2, 0.25) is 12.1 Å². The van der Waals surface area contributed by atoms with Gasteiger partial charge in [-0.2, -0.15) is 0 Å². The van der Waals surface area contributed by atoms with Crippen molar-refractivity contribution >= 4 is 39.0 Å². The maximum absolute atomic E-state index is 13.0. The number of amides is 1. The van der Waals surface area contributed by atoms with Gasteiger partial charge in [0.15, 0.2) is 18.3 Å². The highest BCUT2D eigenvalue weighted by Gasteiger charge is 2.56. The van der Waals surface area contributed by atoms with Crippen molar-refractivity contribution in [2.24, 2.45) is 0 Å². The van der Waals surface area contributed by atoms with Gasteiger partial charge in [-0.05, 0) is 46.5 Å². The Kier molecular flexibility index (Phi) is 20.3. The van der Waals surface area contributed by atoms with Crippen LogP contribution in [0.4, 0.5) is 4.79 Å². The van der Waals surface area contributed by atoms with Gasteiger partial charge in [0.1, 0.15) is 24.7 Å². The van der Waals surface area contributed by atoms with E-state index in [0.717, 1.165) is 94.2 Å². The summed E-state index contributed by atoms with van der Waals surface area (Å²) in [4.78, 5) is 62.5. The van der Waals surface area contributed by atoms with E-state index in [1.54, 1.807) is 18.2 Å². The van der Waals surface area contributed by atoms with Gasteiger partial charge >= 0.3 is 30.0 Å². The molecule has 0 bridgehead atoms. The van der Waals surface area contributed by atoms with Gasteiger partial charge in [-0.3, -0.25) is 14.4 Å². The zero-order valence-electron chi connectivity index (χ0n) is 39.0. The van der Waals surface area contributed by atoms with Crippen LogP contribution in [0.5, 0.6) is 11.5 Å². The summed E-state index contributed by atoms with van der Waals surface area (Å²) in [6.45, 7) is 11.1. The van der Waals surface area contributed by atoms with Crippen molar-refractivity contribution in [3.63, 3.8) is 0 Å². The third kappa shape index (κ3) is 14.5. The molecule has 0 saturated carbocycles. The van der Waals surface area contributed by atoms with Crippen LogP contribution in [0, 0.1) is 0 Å². The monoisotopic (exact) mass is 934 g/mol. The topological polar surface area (TPSA) is 190 Å². The highest BCUT2D eigenvalue weighted by atomic mass is 28.3. The first kappa shape index (κ1) is 51.5. The molecule has 16 nitrogen and oxygen atoms in total. The van der Waals surface area contributed by atoms with Crippen LogP contribution in [-0.4, -0.2) is 110 Å². The number of carbonyl (C=O) groups excluding carboxylic acids is 5. The number of carbonyl (C=O) groups is 5. The summed E-state index contributed by atoms with van der Waals surface area (Å²) in [6.07, 6.45) is -1.57. The molecule has 2 aliphatic rings. The molecular formula is C49H64NO15Si. The van der Waals surface area contributed by atoms with Crippen molar-refractivity contribution in [2.45, 2.75) is 128 Å². The van der Waals surface area contributed by atoms with Crippen LogP contribution in [0.3, 0.4) is 0 Å². The van der Waals surface area contributed by atoms with Gasteiger partial charge in [0, 0.05) is 44.9 Å². The predicted octanol–water partition coefficient (Wildman–Crippen LogP) is 7.58. The summed E-state index contributed by atoms with van der Waals surface area (Å²) >= 11 is 0. The standard InChI is InChI=1S/C49H64NO15Si/c1-8-10-16-36(17-11-9-2)66(7)60-29-34-22-23-35(64-48-46(63-33(5)53)44(62-32(4)52)43(61-31(3)51)45(65-48)47(54)56-6)28-42(34)58-27-26-57-25-24-50-49(55)59-30-41-39-20-14-12-18-37(39)38-19-13-15-21-40(38)41/h12-15,18-23,28,36,41,43-46,48H,8-11,16-17,24-27,29-30H2,1-7H3,(H,50,55)/t43-,44-,45-,46+,48+/m0/s1. The highest BCUT2D eigenvalue weighted by Crippen LogP contribution is 2.44. The van der Waals surface area contributed by atoms with Crippen molar-refractivity contribution in [2.75, 3.05) is 40.1 Å². The molecule has 1 N–H and O–H groups in total. The largest absolute Gasteiger partial charge is 0.491 e. The first-order valence-electron chi connectivity index (χ1n) is 22.6. The molecule has 359 valence electrons. The number of methoxy groups -OCH3 is 1. The number of rotatable bonds is 25. The zero-order valence-corrected chi connectivity index (χ0v) is 40.0. The number of esters is 4. The molecule has 3 aromatic rings. The van der Waals surface area contributed by atoms with Gasteiger partial charge in [0.05, 0.1) is 26.9 Å². The minimum absolute atomic E-state index is 0.0520. The normalized spacial score (nSPS) is 18.8. The molecule has 0 unspecified atom stereocenters. The second-order valence-corrected chi connectivity index (χ2v) is 18.5. The maximum atomic E-state index is 13.0. The molecular weight excluding hydrogens is 871 g/mol. The smallest absolute Gasteiger partial charge is 0.407 e. The van der Waals surface area contributed by atoms with Crippen LogP contribution >= 0.6 is 0 Å². The van der Waals surface area contributed by atoms with E-state index in [9.17, 15) is 24.0 Å². The van der Waals surface area contributed by atoms with Crippen LogP contribution in [0.25, 0.3) is 11.1 Å². The van der Waals surface area contributed by atoms with E-state index in [4.69, 9.17) is 47.1 Å². The molecule has 66 heavy (non-hydrogen) atoms. The van der Waals surface area contributed by atoms with Gasteiger partial charge in [0.25, 0.3) is 0 Å². The number of benzene rings is 3. The van der Waals surface area contributed by atoms with Gasteiger partial charge < -0.3 is 52.4 Å². The lowest BCUT2D eigenvalue weighted by atomic mass is 9.97.